The molecular weight excluding hydrogens is 412 g/mol. The molecule has 0 radical (unpaired) electrons. The summed E-state index contributed by atoms with van der Waals surface area (Å²) in [5.41, 5.74) is 0.0892. The molecule has 0 aliphatic carbocycles. The van der Waals surface area contributed by atoms with Crippen molar-refractivity contribution in [3.05, 3.63) is 62.9 Å². The van der Waals surface area contributed by atoms with Gasteiger partial charge in [0.2, 0.25) is 10.0 Å². The summed E-state index contributed by atoms with van der Waals surface area (Å²) < 4.78 is 27.4. The second-order valence-corrected chi connectivity index (χ2v) is 7.80. The molecule has 0 saturated carbocycles. The van der Waals surface area contributed by atoms with Gasteiger partial charge >= 0.3 is 0 Å². The minimum atomic E-state index is -4.17. The summed E-state index contributed by atoms with van der Waals surface area (Å²) in [5.74, 6) is 0. The molecule has 0 amide bonds. The molecule has 0 aliphatic heterocycles. The number of hydrogen-bond donors (Lipinski definition) is 0. The number of pyridine rings is 1. The molecule has 1 aromatic heterocycles. The van der Waals surface area contributed by atoms with Gasteiger partial charge in [-0.25, -0.2) is 8.42 Å². The highest BCUT2D eigenvalue weighted by Gasteiger charge is 2.31. The van der Waals surface area contributed by atoms with Crippen LogP contribution >= 0.6 is 15.9 Å². The highest BCUT2D eigenvalue weighted by atomic mass is 79.9. The molecule has 1 aromatic carbocycles. The minimum absolute atomic E-state index is 0.0366. The van der Waals surface area contributed by atoms with Crippen LogP contribution in [0.2, 0.25) is 0 Å². The summed E-state index contributed by atoms with van der Waals surface area (Å²) in [4.78, 5) is 14.0. The van der Waals surface area contributed by atoms with Crippen LogP contribution in [-0.2, 0) is 16.6 Å². The van der Waals surface area contributed by atoms with Crippen LogP contribution in [0.3, 0.4) is 0 Å². The van der Waals surface area contributed by atoms with Gasteiger partial charge in [-0.15, -0.1) is 0 Å². The third-order valence-electron chi connectivity index (χ3n) is 3.29. The summed E-state index contributed by atoms with van der Waals surface area (Å²) in [6.45, 7) is -0.119. The van der Waals surface area contributed by atoms with Crippen LogP contribution in [0.5, 0.6) is 0 Å². The van der Waals surface area contributed by atoms with Crippen molar-refractivity contribution in [2.24, 2.45) is 0 Å². The minimum Gasteiger partial charge on any atom is -0.264 e. The maximum absolute atomic E-state index is 13.0. The zero-order valence-electron chi connectivity index (χ0n) is 12.9. The Balaban J connectivity index is 2.48. The van der Waals surface area contributed by atoms with Crippen molar-refractivity contribution in [1.82, 2.24) is 9.29 Å². The van der Waals surface area contributed by atoms with Crippen molar-refractivity contribution < 1.29 is 13.3 Å². The molecule has 2 aromatic rings. The molecule has 25 heavy (non-hydrogen) atoms. The molecule has 1 heterocycles. The van der Waals surface area contributed by atoms with Crippen LogP contribution in [0.25, 0.3) is 0 Å². The van der Waals surface area contributed by atoms with Crippen LogP contribution in [0.15, 0.2) is 52.1 Å². The van der Waals surface area contributed by atoms with E-state index < -0.39 is 25.5 Å². The van der Waals surface area contributed by atoms with E-state index in [1.165, 1.54) is 18.3 Å². The fraction of sp³-hybridized carbons (Fsp3) is 0.200. The molecule has 2 rings (SSSR count). The van der Waals surface area contributed by atoms with Gasteiger partial charge in [-0.1, -0.05) is 22.0 Å². The molecule has 0 saturated heterocycles. The predicted octanol–water partition coefficient (Wildman–Crippen LogP) is 2.86. The summed E-state index contributed by atoms with van der Waals surface area (Å²) in [6.07, 6.45) is 3.02. The number of hydrogen-bond acceptors (Lipinski definition) is 6. The van der Waals surface area contributed by atoms with E-state index in [-0.39, 0.29) is 19.5 Å². The Kier molecular flexibility index (Phi) is 6.19. The lowest BCUT2D eigenvalue weighted by Crippen LogP contribution is -2.32. The van der Waals surface area contributed by atoms with E-state index in [4.69, 9.17) is 5.26 Å². The van der Waals surface area contributed by atoms with Gasteiger partial charge in [0.25, 0.3) is 5.69 Å². The molecule has 0 bridgehead atoms. The molecule has 130 valence electrons. The number of nitro benzene ring substituents is 1. The quantitative estimate of drug-likeness (QED) is 0.497. The third kappa shape index (κ3) is 4.60. The van der Waals surface area contributed by atoms with Gasteiger partial charge in [-0.3, -0.25) is 15.1 Å². The van der Waals surface area contributed by atoms with Crippen molar-refractivity contribution in [2.75, 3.05) is 6.54 Å². The van der Waals surface area contributed by atoms with Crippen LogP contribution < -0.4 is 0 Å². The molecule has 0 N–H and O–H groups in total. The molecule has 0 spiro atoms. The average molecular weight is 425 g/mol. The number of nitriles is 1. The van der Waals surface area contributed by atoms with Gasteiger partial charge in [-0.2, -0.15) is 9.57 Å². The van der Waals surface area contributed by atoms with E-state index in [2.05, 4.69) is 20.9 Å². The normalized spacial score (nSPS) is 11.2. The van der Waals surface area contributed by atoms with E-state index in [0.29, 0.717) is 10.0 Å². The Labute approximate surface area is 153 Å². The Morgan fingerprint density at radius 3 is 2.72 bits per heavy atom. The average Bonchev–Trinajstić information content (AvgIpc) is 2.59. The first-order valence-electron chi connectivity index (χ1n) is 7.06. The van der Waals surface area contributed by atoms with Gasteiger partial charge < -0.3 is 0 Å². The monoisotopic (exact) mass is 424 g/mol. The highest BCUT2D eigenvalue weighted by Crippen LogP contribution is 2.30. The maximum atomic E-state index is 13.0. The zero-order valence-corrected chi connectivity index (χ0v) is 15.3. The number of benzene rings is 1. The summed E-state index contributed by atoms with van der Waals surface area (Å²) in [7, 11) is -4.17. The van der Waals surface area contributed by atoms with Crippen LogP contribution in [0.1, 0.15) is 12.0 Å². The lowest BCUT2D eigenvalue weighted by molar-refractivity contribution is -0.387. The predicted molar refractivity (Wildman–Crippen MR) is 92.9 cm³/mol. The molecule has 0 aliphatic rings. The van der Waals surface area contributed by atoms with Gasteiger partial charge in [0, 0.05) is 42.4 Å². The number of nitrogens with zero attached hydrogens (tertiary/aromatic N) is 4. The van der Waals surface area contributed by atoms with Crippen molar-refractivity contribution >= 4 is 31.6 Å². The number of aromatic nitrogens is 1. The van der Waals surface area contributed by atoms with E-state index in [0.717, 1.165) is 10.4 Å². The molecule has 10 heteroatoms. The first-order valence-corrected chi connectivity index (χ1v) is 9.29. The van der Waals surface area contributed by atoms with Gasteiger partial charge in [0.05, 0.1) is 11.0 Å². The van der Waals surface area contributed by atoms with E-state index in [9.17, 15) is 18.5 Å². The molecule has 0 unspecified atom stereocenters. The van der Waals surface area contributed by atoms with Crippen molar-refractivity contribution in [3.8, 4) is 6.07 Å². The Hall–Kier alpha value is -2.35. The van der Waals surface area contributed by atoms with Crippen molar-refractivity contribution in [1.29, 1.82) is 5.26 Å². The summed E-state index contributed by atoms with van der Waals surface area (Å²) in [6, 6.07) is 8.98. The van der Waals surface area contributed by atoms with E-state index in [1.54, 1.807) is 18.3 Å². The Morgan fingerprint density at radius 2 is 2.12 bits per heavy atom. The second kappa shape index (κ2) is 8.15. The lowest BCUT2D eigenvalue weighted by Gasteiger charge is -2.21. The van der Waals surface area contributed by atoms with Crippen molar-refractivity contribution in [2.45, 2.75) is 17.9 Å². The SMILES string of the molecule is N#CCCN(Cc1cccnc1)S(=O)(=O)c1ccc(Br)cc1[N+](=O)[O-]. The van der Waals surface area contributed by atoms with Crippen LogP contribution in [0, 0.1) is 21.4 Å². The van der Waals surface area contributed by atoms with Gasteiger partial charge in [0.1, 0.15) is 0 Å². The highest BCUT2D eigenvalue weighted by molar-refractivity contribution is 9.10. The number of rotatable bonds is 7. The Morgan fingerprint density at radius 1 is 1.36 bits per heavy atom. The summed E-state index contributed by atoms with van der Waals surface area (Å²) >= 11 is 3.10. The third-order valence-corrected chi connectivity index (χ3v) is 5.68. The molecule has 0 fully saturated rings. The fourth-order valence-electron chi connectivity index (χ4n) is 2.14. The van der Waals surface area contributed by atoms with Crippen LogP contribution in [-0.4, -0.2) is 29.2 Å². The molecule has 0 atom stereocenters. The standard InChI is InChI=1S/C15H13BrN4O4S/c16-13-4-5-15(14(9-13)20(21)22)25(23,24)19(8-2-6-17)11-12-3-1-7-18-10-12/h1,3-5,7,9-10H,2,8,11H2. The zero-order chi connectivity index (χ0) is 18.4. The number of nitro groups is 1. The topological polar surface area (TPSA) is 117 Å². The summed E-state index contributed by atoms with van der Waals surface area (Å²) in [5, 5.41) is 20.1. The number of sulfonamides is 1. The molecular formula is C15H13BrN4O4S. The second-order valence-electron chi connectivity index (χ2n) is 4.98. The maximum Gasteiger partial charge on any atom is 0.290 e. The first kappa shape index (κ1) is 19.0. The van der Waals surface area contributed by atoms with Crippen LogP contribution in [0.4, 0.5) is 5.69 Å². The lowest BCUT2D eigenvalue weighted by atomic mass is 10.3. The fourth-order valence-corrected chi connectivity index (χ4v) is 4.06. The van der Waals surface area contributed by atoms with Gasteiger partial charge in [0.15, 0.2) is 4.90 Å². The Bertz CT molecular complexity index is 913. The van der Waals surface area contributed by atoms with E-state index >= 15 is 0 Å². The molecule has 8 nitrogen and oxygen atoms in total. The smallest absolute Gasteiger partial charge is 0.264 e. The van der Waals surface area contributed by atoms with E-state index in [1.807, 2.05) is 6.07 Å². The largest absolute Gasteiger partial charge is 0.290 e. The van der Waals surface area contributed by atoms with Crippen molar-refractivity contribution in [3.63, 3.8) is 0 Å². The van der Waals surface area contributed by atoms with Gasteiger partial charge in [-0.05, 0) is 23.8 Å². The number of halogens is 1. The first-order chi connectivity index (χ1) is 11.9.